The Morgan fingerprint density at radius 3 is 2.70 bits per heavy atom. The van der Waals surface area contributed by atoms with Crippen LogP contribution in [0.5, 0.6) is 0 Å². The van der Waals surface area contributed by atoms with E-state index in [1.54, 1.807) is 24.3 Å². The number of nitrogens with one attached hydrogen (secondary N) is 1. The molecule has 27 heavy (non-hydrogen) atoms. The van der Waals surface area contributed by atoms with Crippen molar-refractivity contribution in [2.45, 2.75) is 18.0 Å². The molecule has 9 nitrogen and oxygen atoms in total. The van der Waals surface area contributed by atoms with Gasteiger partial charge >= 0.3 is 16.1 Å². The number of amides is 2. The first-order valence-electron chi connectivity index (χ1n) is 7.80. The predicted octanol–water partition coefficient (Wildman–Crippen LogP) is -0.0527. The molecule has 2 aliphatic heterocycles. The van der Waals surface area contributed by atoms with Gasteiger partial charge in [-0.2, -0.15) is 8.42 Å². The van der Waals surface area contributed by atoms with Crippen molar-refractivity contribution in [1.82, 2.24) is 10.2 Å². The fourth-order valence-electron chi connectivity index (χ4n) is 2.71. The molecule has 0 unspecified atom stereocenters. The van der Waals surface area contributed by atoms with Crippen molar-refractivity contribution in [1.29, 1.82) is 0 Å². The van der Waals surface area contributed by atoms with Gasteiger partial charge in [-0.05, 0) is 5.56 Å². The lowest BCUT2D eigenvalue weighted by molar-refractivity contribution is -0.153. The number of ether oxygens (including phenoxy) is 1. The lowest BCUT2D eigenvalue weighted by Gasteiger charge is -2.48. The Labute approximate surface area is 159 Å². The minimum atomic E-state index is -3.90. The summed E-state index contributed by atoms with van der Waals surface area (Å²) in [5.41, 5.74) is 0.475. The van der Waals surface area contributed by atoms with Crippen molar-refractivity contribution in [2.24, 2.45) is 0 Å². The first-order chi connectivity index (χ1) is 12.8. The number of carbonyl (C=O) groups is 3. The molecule has 1 N–H and O–H groups in total. The van der Waals surface area contributed by atoms with Gasteiger partial charge in [0, 0.05) is 0 Å². The normalized spacial score (nSPS) is 21.8. The molecule has 1 saturated heterocycles. The Hall–Kier alpha value is -2.53. The van der Waals surface area contributed by atoms with Gasteiger partial charge in [-0.25, -0.2) is 4.79 Å². The molecule has 1 aromatic rings. The number of carbonyl (C=O) groups excluding carboxylic acids is 3. The zero-order valence-electron chi connectivity index (χ0n) is 14.2. The van der Waals surface area contributed by atoms with Crippen LogP contribution in [-0.4, -0.2) is 55.0 Å². The average molecular weight is 412 g/mol. The third kappa shape index (κ3) is 4.08. The summed E-state index contributed by atoms with van der Waals surface area (Å²) < 4.78 is 33.2. The number of benzene rings is 1. The molecular weight excluding hydrogens is 396 g/mol. The van der Waals surface area contributed by atoms with Crippen molar-refractivity contribution < 1.29 is 31.7 Å². The topological polar surface area (TPSA) is 119 Å². The first-order valence-corrected chi connectivity index (χ1v) is 10.7. The quantitative estimate of drug-likeness (QED) is 0.287. The van der Waals surface area contributed by atoms with Crippen LogP contribution in [-0.2, 0) is 40.0 Å². The number of hydrogen-bond acceptors (Lipinski definition) is 8. The highest BCUT2D eigenvalue weighted by Gasteiger charge is 2.54. The smallest absolute Gasteiger partial charge is 0.359 e. The molecule has 2 atom stereocenters. The number of nitrogens with zero attached hydrogens (tertiary/aromatic N) is 1. The fraction of sp³-hybridized carbons (Fsp3) is 0.312. The molecular formula is C16H16N2O7S2. The summed E-state index contributed by atoms with van der Waals surface area (Å²) in [5, 5.41) is 1.85. The van der Waals surface area contributed by atoms with Crippen molar-refractivity contribution >= 4 is 40.2 Å². The van der Waals surface area contributed by atoms with Crippen molar-refractivity contribution in [2.75, 3.05) is 12.0 Å². The van der Waals surface area contributed by atoms with Crippen LogP contribution in [0.4, 0.5) is 0 Å². The standard InChI is InChI=1S/C16H16N2O7S2/c1-27(22,23)25-11-8-26-15-12(17-9-19)14(20)18(15)13(11)16(21)24-7-10-5-3-2-4-6-10/h2-6,9,12,15H,7-8H2,1H3,(H,17,19)/t12-,15-/m1/s1. The Kier molecular flexibility index (Phi) is 5.42. The van der Waals surface area contributed by atoms with Crippen LogP contribution >= 0.6 is 11.8 Å². The molecule has 0 aliphatic carbocycles. The van der Waals surface area contributed by atoms with Gasteiger partial charge in [0.25, 0.3) is 5.91 Å². The Morgan fingerprint density at radius 2 is 2.07 bits per heavy atom. The van der Waals surface area contributed by atoms with E-state index in [0.29, 0.717) is 6.41 Å². The summed E-state index contributed by atoms with van der Waals surface area (Å²) in [7, 11) is -3.90. The highest BCUT2D eigenvalue weighted by molar-refractivity contribution is 8.00. The second-order valence-corrected chi connectivity index (χ2v) is 8.47. The Balaban J connectivity index is 1.86. The van der Waals surface area contributed by atoms with Gasteiger partial charge in [0.1, 0.15) is 18.0 Å². The highest BCUT2D eigenvalue weighted by Crippen LogP contribution is 2.41. The molecule has 0 radical (unpaired) electrons. The summed E-state index contributed by atoms with van der Waals surface area (Å²) >= 11 is 1.18. The number of thioether (sulfide) groups is 1. The van der Waals surface area contributed by atoms with E-state index >= 15 is 0 Å². The zero-order chi connectivity index (χ0) is 19.6. The number of esters is 1. The van der Waals surface area contributed by atoms with E-state index in [1.165, 1.54) is 11.8 Å². The maximum absolute atomic E-state index is 12.6. The highest BCUT2D eigenvalue weighted by atomic mass is 32.2. The van der Waals surface area contributed by atoms with E-state index in [1.807, 2.05) is 6.07 Å². The summed E-state index contributed by atoms with van der Waals surface area (Å²) in [6.45, 7) is -0.0504. The van der Waals surface area contributed by atoms with Gasteiger partial charge in [-0.1, -0.05) is 30.3 Å². The molecule has 2 heterocycles. The molecule has 0 spiro atoms. The predicted molar refractivity (Wildman–Crippen MR) is 95.3 cm³/mol. The van der Waals surface area contributed by atoms with Gasteiger partial charge in [0.2, 0.25) is 6.41 Å². The van der Waals surface area contributed by atoms with E-state index in [9.17, 15) is 22.8 Å². The molecule has 11 heteroatoms. The van der Waals surface area contributed by atoms with Crippen LogP contribution in [0, 0.1) is 0 Å². The van der Waals surface area contributed by atoms with Crippen LogP contribution in [0.15, 0.2) is 41.8 Å². The minimum absolute atomic E-state index is 0.0360. The number of hydrogen-bond donors (Lipinski definition) is 1. The maximum atomic E-state index is 12.6. The van der Waals surface area contributed by atoms with Gasteiger partial charge in [0.15, 0.2) is 11.5 Å². The lowest BCUT2D eigenvalue weighted by atomic mass is 10.1. The summed E-state index contributed by atoms with van der Waals surface area (Å²) in [6.07, 6.45) is 1.25. The van der Waals surface area contributed by atoms with Crippen LogP contribution in [0.25, 0.3) is 0 Å². The van der Waals surface area contributed by atoms with Crippen molar-refractivity contribution in [3.63, 3.8) is 0 Å². The van der Waals surface area contributed by atoms with Gasteiger partial charge < -0.3 is 14.2 Å². The summed E-state index contributed by atoms with van der Waals surface area (Å²) in [6, 6.07) is 8.10. The van der Waals surface area contributed by atoms with Crippen LogP contribution in [0.3, 0.4) is 0 Å². The zero-order valence-corrected chi connectivity index (χ0v) is 15.8. The second-order valence-electron chi connectivity index (χ2n) is 5.79. The average Bonchev–Trinajstić information content (AvgIpc) is 2.63. The van der Waals surface area contributed by atoms with E-state index in [4.69, 9.17) is 8.92 Å². The number of rotatable bonds is 7. The third-order valence-electron chi connectivity index (χ3n) is 3.84. The molecule has 1 aromatic carbocycles. The van der Waals surface area contributed by atoms with Gasteiger partial charge in [-0.3, -0.25) is 14.5 Å². The number of fused-ring (bicyclic) bond motifs is 1. The minimum Gasteiger partial charge on any atom is -0.456 e. The monoisotopic (exact) mass is 412 g/mol. The molecule has 3 rings (SSSR count). The van der Waals surface area contributed by atoms with E-state index in [0.717, 1.165) is 16.7 Å². The van der Waals surface area contributed by atoms with E-state index in [-0.39, 0.29) is 23.8 Å². The van der Waals surface area contributed by atoms with Crippen LogP contribution in [0.2, 0.25) is 0 Å². The van der Waals surface area contributed by atoms with Crippen molar-refractivity contribution in [3.8, 4) is 0 Å². The first kappa shape index (κ1) is 19.2. The molecule has 0 bridgehead atoms. The van der Waals surface area contributed by atoms with E-state index in [2.05, 4.69) is 5.32 Å². The fourth-order valence-corrected chi connectivity index (χ4v) is 4.55. The van der Waals surface area contributed by atoms with Gasteiger partial charge in [-0.15, -0.1) is 11.8 Å². The molecule has 2 amide bonds. The SMILES string of the molecule is CS(=O)(=O)OC1=C(C(=O)OCc2ccccc2)N2C(=O)[C@@H](NC=O)[C@H]2SC1. The van der Waals surface area contributed by atoms with Crippen LogP contribution in [0.1, 0.15) is 5.56 Å². The molecule has 144 valence electrons. The Bertz CT molecular complexity index is 899. The van der Waals surface area contributed by atoms with Crippen LogP contribution < -0.4 is 5.32 Å². The van der Waals surface area contributed by atoms with E-state index < -0.39 is 33.4 Å². The summed E-state index contributed by atoms with van der Waals surface area (Å²) in [5.74, 6) is -1.55. The lowest BCUT2D eigenvalue weighted by Crippen LogP contribution is -2.69. The van der Waals surface area contributed by atoms with Crippen molar-refractivity contribution in [3.05, 3.63) is 47.4 Å². The van der Waals surface area contributed by atoms with Gasteiger partial charge in [0.05, 0.1) is 12.0 Å². The maximum Gasteiger partial charge on any atom is 0.359 e. The molecule has 2 aliphatic rings. The summed E-state index contributed by atoms with van der Waals surface area (Å²) in [4.78, 5) is 36.7. The number of β-lactam (4-membered cyclic amide) rings is 1. The molecule has 1 fully saturated rings. The Morgan fingerprint density at radius 1 is 1.37 bits per heavy atom. The molecule has 0 aromatic heterocycles. The second kappa shape index (κ2) is 7.61. The largest absolute Gasteiger partial charge is 0.456 e. The third-order valence-corrected chi connectivity index (χ3v) is 5.60. The molecule has 0 saturated carbocycles.